The first-order valence-electron chi connectivity index (χ1n) is 8.64. The average molecular weight is 556 g/mol. The molecule has 0 heterocycles. The third-order valence-corrected chi connectivity index (χ3v) is 4.44. The number of hydrogen-bond acceptors (Lipinski definition) is 2. The van der Waals surface area contributed by atoms with Crippen molar-refractivity contribution in [2.45, 2.75) is 43.3 Å². The summed E-state index contributed by atoms with van der Waals surface area (Å²) < 4.78 is 155. The second kappa shape index (κ2) is 9.96. The minimum atomic E-state index is -5.27. The third-order valence-electron chi connectivity index (χ3n) is 4.44. The first kappa shape index (κ1) is 30.1. The Morgan fingerprint density at radius 1 is 0.471 bits per heavy atom. The fourth-order valence-corrected chi connectivity index (χ4v) is 2.83. The van der Waals surface area contributed by atoms with E-state index in [2.05, 4.69) is 0 Å². The molecule has 0 bridgehead atoms. The van der Waals surface area contributed by atoms with Crippen molar-refractivity contribution in [1.29, 1.82) is 0 Å². The maximum atomic E-state index is 12.9. The van der Waals surface area contributed by atoms with Crippen LogP contribution in [0.1, 0.15) is 52.0 Å². The number of alkyl halides is 12. The van der Waals surface area contributed by atoms with Gasteiger partial charge < -0.3 is 10.2 Å². The van der Waals surface area contributed by atoms with Crippen LogP contribution in [0.2, 0.25) is 0 Å². The third kappa shape index (κ3) is 7.52. The summed E-state index contributed by atoms with van der Waals surface area (Å²) in [6.45, 7) is 0. The molecule has 15 heteroatoms. The topological polar surface area (TPSA) is 40.5 Å². The first-order chi connectivity index (χ1) is 14.7. The van der Waals surface area contributed by atoms with Crippen LogP contribution in [0.4, 0.5) is 52.7 Å². The summed E-state index contributed by atoms with van der Waals surface area (Å²) in [5, 5.41) is 20.1. The molecule has 0 aromatic heterocycles. The van der Waals surface area contributed by atoms with Crippen molar-refractivity contribution >= 4 is 0 Å². The van der Waals surface area contributed by atoms with Crippen LogP contribution in [0, 0.1) is 0 Å². The summed E-state index contributed by atoms with van der Waals surface area (Å²) in [7, 11) is 0. The van der Waals surface area contributed by atoms with Gasteiger partial charge in [0.2, 0.25) is 0 Å². The molecule has 2 nitrogen and oxygen atoms in total. The molecule has 0 aliphatic carbocycles. The zero-order valence-electron chi connectivity index (χ0n) is 16.1. The number of rotatable bonds is 4. The molecule has 0 amide bonds. The summed E-state index contributed by atoms with van der Waals surface area (Å²) in [6.07, 6.45) is -26.9. The van der Waals surface area contributed by atoms with E-state index in [-0.39, 0.29) is 53.5 Å². The van der Waals surface area contributed by atoms with Crippen LogP contribution in [0.15, 0.2) is 36.4 Å². The van der Waals surface area contributed by atoms with E-state index in [1.54, 1.807) is 0 Å². The van der Waals surface area contributed by atoms with Crippen LogP contribution in [-0.2, 0) is 41.8 Å². The van der Waals surface area contributed by atoms with E-state index in [1.165, 1.54) is 0 Å². The molecule has 192 valence electrons. The summed E-state index contributed by atoms with van der Waals surface area (Å²) in [4.78, 5) is 0. The number of hydrogen-bond donors (Lipinski definition) is 2. The molecule has 34 heavy (non-hydrogen) atoms. The molecule has 2 aromatic rings. The van der Waals surface area contributed by atoms with Gasteiger partial charge in [0.25, 0.3) is 0 Å². The summed E-state index contributed by atoms with van der Waals surface area (Å²) >= 11 is 0. The van der Waals surface area contributed by atoms with Gasteiger partial charge in [-0.1, -0.05) is 0 Å². The zero-order valence-corrected chi connectivity index (χ0v) is 17.2. The van der Waals surface area contributed by atoms with Crippen molar-refractivity contribution in [3.05, 3.63) is 69.8 Å². The van der Waals surface area contributed by atoms with E-state index in [0.29, 0.717) is 0 Å². The van der Waals surface area contributed by atoms with Crippen LogP contribution in [0.25, 0.3) is 0 Å². The van der Waals surface area contributed by atoms with E-state index >= 15 is 0 Å². The smallest absolute Gasteiger partial charge is 0.388 e. The predicted molar refractivity (Wildman–Crippen MR) is 87.4 cm³/mol. The van der Waals surface area contributed by atoms with Gasteiger partial charge in [0, 0.05) is 23.5 Å². The Labute approximate surface area is 193 Å². The van der Waals surface area contributed by atoms with Crippen molar-refractivity contribution in [1.82, 2.24) is 0 Å². The van der Waals surface area contributed by atoms with Gasteiger partial charge in [0.05, 0.1) is 34.5 Å². The van der Waals surface area contributed by atoms with Crippen LogP contribution < -0.4 is 0 Å². The van der Waals surface area contributed by atoms with Gasteiger partial charge in [0.15, 0.2) is 0 Å². The predicted octanol–water partition coefficient (Wildman–Crippen LogP) is 6.92. The SMILES string of the molecule is OC(CC(O)c1cc(C(F)(F)F)cc(C(F)(F)F)c1)c1cc(C(F)(F)F)cc(C(F)(F)F)c1.[Fe]. The van der Waals surface area contributed by atoms with Gasteiger partial charge in [-0.15, -0.1) is 0 Å². The number of halogens is 12. The summed E-state index contributed by atoms with van der Waals surface area (Å²) in [5.74, 6) is 0. The normalized spacial score (nSPS) is 15.0. The van der Waals surface area contributed by atoms with Crippen LogP contribution >= 0.6 is 0 Å². The van der Waals surface area contributed by atoms with Gasteiger partial charge in [-0.2, -0.15) is 52.7 Å². The molecule has 0 aliphatic rings. The number of aliphatic hydroxyl groups is 2. The minimum absolute atomic E-state index is 0. The maximum Gasteiger partial charge on any atom is 0.416 e. The van der Waals surface area contributed by atoms with Crippen molar-refractivity contribution < 1.29 is 80.0 Å². The second-order valence-electron chi connectivity index (χ2n) is 6.95. The van der Waals surface area contributed by atoms with E-state index < -0.39 is 76.7 Å². The molecule has 2 aromatic carbocycles. The summed E-state index contributed by atoms with van der Waals surface area (Å²) in [6, 6.07) is 0.0176. The quantitative estimate of drug-likeness (QED) is 0.318. The van der Waals surface area contributed by atoms with Gasteiger partial charge in [-0.3, -0.25) is 0 Å². The molecular formula is C19H12F12FeO2. The van der Waals surface area contributed by atoms with Crippen molar-refractivity contribution in [3.63, 3.8) is 0 Å². The minimum Gasteiger partial charge on any atom is -0.388 e. The van der Waals surface area contributed by atoms with E-state index in [9.17, 15) is 62.9 Å². The van der Waals surface area contributed by atoms with Gasteiger partial charge in [-0.05, 0) is 47.5 Å². The molecule has 2 unspecified atom stereocenters. The first-order valence-corrected chi connectivity index (χ1v) is 8.64. The molecule has 2 rings (SSSR count). The Morgan fingerprint density at radius 3 is 0.853 bits per heavy atom. The molecule has 2 atom stereocenters. The molecule has 0 fully saturated rings. The van der Waals surface area contributed by atoms with E-state index in [1.807, 2.05) is 0 Å². The molecule has 0 spiro atoms. The Morgan fingerprint density at radius 2 is 0.676 bits per heavy atom. The van der Waals surface area contributed by atoms with Crippen LogP contribution in [-0.4, -0.2) is 10.2 Å². The standard InChI is InChI=1S/C19H12F12O2.Fe/c20-16(21,22)10-1-8(2-11(5-10)17(23,24)25)14(32)7-15(33)9-3-12(18(26,27)28)6-13(4-9)19(29,30)31;/h1-6,14-15,32-33H,7H2;. The zero-order chi connectivity index (χ0) is 25.6. The van der Waals surface area contributed by atoms with Gasteiger partial charge >= 0.3 is 24.7 Å². The molecule has 0 saturated heterocycles. The van der Waals surface area contributed by atoms with E-state index in [4.69, 9.17) is 0 Å². The average Bonchev–Trinajstić information content (AvgIpc) is 2.64. The molecule has 0 aliphatic heterocycles. The van der Waals surface area contributed by atoms with Crippen molar-refractivity contribution in [2.24, 2.45) is 0 Å². The largest absolute Gasteiger partial charge is 0.416 e. The Kier molecular flexibility index (Phi) is 8.81. The van der Waals surface area contributed by atoms with Crippen molar-refractivity contribution in [2.75, 3.05) is 0 Å². The van der Waals surface area contributed by atoms with Crippen LogP contribution in [0.3, 0.4) is 0 Å². The number of benzene rings is 2. The molecule has 2 N–H and O–H groups in total. The Bertz CT molecular complexity index is 849. The molecule has 0 radical (unpaired) electrons. The van der Waals surface area contributed by atoms with Gasteiger partial charge in [0.1, 0.15) is 0 Å². The molecule has 0 saturated carbocycles. The number of aliphatic hydroxyl groups excluding tert-OH is 2. The maximum absolute atomic E-state index is 12.9. The van der Waals surface area contributed by atoms with Crippen molar-refractivity contribution in [3.8, 4) is 0 Å². The monoisotopic (exact) mass is 556 g/mol. The fraction of sp³-hybridized carbons (Fsp3) is 0.368. The second-order valence-corrected chi connectivity index (χ2v) is 6.95. The van der Waals surface area contributed by atoms with E-state index in [0.717, 1.165) is 0 Å². The molecular weight excluding hydrogens is 544 g/mol. The van der Waals surface area contributed by atoms with Gasteiger partial charge in [-0.25, -0.2) is 0 Å². The van der Waals surface area contributed by atoms with Crippen LogP contribution in [0.5, 0.6) is 0 Å². The summed E-state index contributed by atoms with van der Waals surface area (Å²) in [5.41, 5.74) is -9.23. The fourth-order valence-electron chi connectivity index (χ4n) is 2.83. The Hall–Kier alpha value is -1.96. The Balaban J connectivity index is 0.00000578.